The summed E-state index contributed by atoms with van der Waals surface area (Å²) < 4.78 is 5.11. The van der Waals surface area contributed by atoms with Gasteiger partial charge in [0.05, 0.1) is 13.2 Å². The van der Waals surface area contributed by atoms with E-state index >= 15 is 0 Å². The first kappa shape index (κ1) is 13.9. The second-order valence-corrected chi connectivity index (χ2v) is 4.98. The molecule has 3 heteroatoms. The van der Waals surface area contributed by atoms with Gasteiger partial charge in [0.2, 0.25) is 0 Å². The van der Waals surface area contributed by atoms with E-state index in [1.807, 2.05) is 49.4 Å². The maximum absolute atomic E-state index is 10.2. The summed E-state index contributed by atoms with van der Waals surface area (Å²) in [6.07, 6.45) is 0.00937. The van der Waals surface area contributed by atoms with Crippen molar-refractivity contribution in [2.75, 3.05) is 7.11 Å². The molecule has 0 heterocycles. The summed E-state index contributed by atoms with van der Waals surface area (Å²) in [5.74, 6) is 0.816. The minimum atomic E-state index is -0.550. The Morgan fingerprint density at radius 1 is 1.16 bits per heavy atom. The van der Waals surface area contributed by atoms with Gasteiger partial charge >= 0.3 is 0 Å². The van der Waals surface area contributed by atoms with Crippen molar-refractivity contribution in [2.45, 2.75) is 19.4 Å². The van der Waals surface area contributed by atoms with Gasteiger partial charge in [-0.1, -0.05) is 35.9 Å². The summed E-state index contributed by atoms with van der Waals surface area (Å²) in [4.78, 5) is 0. The molecule has 0 radical (unpaired) electrons. The molecule has 0 aromatic heterocycles. The van der Waals surface area contributed by atoms with E-state index in [0.29, 0.717) is 11.4 Å². The minimum Gasteiger partial charge on any atom is -0.497 e. The number of hydrogen-bond donors (Lipinski definition) is 1. The van der Waals surface area contributed by atoms with Crippen LogP contribution in [0.3, 0.4) is 0 Å². The number of aliphatic hydroxyl groups excluding tert-OH is 1. The van der Waals surface area contributed by atoms with Gasteiger partial charge in [-0.05, 0) is 41.8 Å². The topological polar surface area (TPSA) is 29.5 Å². The third-order valence-corrected chi connectivity index (χ3v) is 3.58. The Hall–Kier alpha value is -1.51. The van der Waals surface area contributed by atoms with Gasteiger partial charge in [0, 0.05) is 11.4 Å². The van der Waals surface area contributed by atoms with Crippen molar-refractivity contribution in [2.24, 2.45) is 0 Å². The Kier molecular flexibility index (Phi) is 4.46. The zero-order chi connectivity index (χ0) is 13.8. The van der Waals surface area contributed by atoms with Crippen LogP contribution in [0.1, 0.15) is 22.8 Å². The standard InChI is InChI=1S/C16H17ClO2/c1-11-3-6-13(10-15(11)17)16(18)9-12-4-7-14(19-2)8-5-12/h3-8,10,16,18H,9H2,1-2H3. The van der Waals surface area contributed by atoms with Gasteiger partial charge in [-0.15, -0.1) is 0 Å². The number of hydrogen-bond acceptors (Lipinski definition) is 2. The molecule has 2 aromatic carbocycles. The van der Waals surface area contributed by atoms with Crippen molar-refractivity contribution in [1.29, 1.82) is 0 Å². The molecule has 100 valence electrons. The lowest BCUT2D eigenvalue weighted by atomic mass is 10.0. The van der Waals surface area contributed by atoms with Gasteiger partial charge in [-0.3, -0.25) is 0 Å². The van der Waals surface area contributed by atoms with E-state index in [1.54, 1.807) is 7.11 Å². The van der Waals surface area contributed by atoms with Gasteiger partial charge in [-0.2, -0.15) is 0 Å². The SMILES string of the molecule is COc1ccc(CC(O)c2ccc(C)c(Cl)c2)cc1. The van der Waals surface area contributed by atoms with Crippen molar-refractivity contribution >= 4 is 11.6 Å². The quantitative estimate of drug-likeness (QED) is 0.917. The van der Waals surface area contributed by atoms with Crippen LogP contribution in [0.2, 0.25) is 5.02 Å². The molecule has 1 N–H and O–H groups in total. The highest BCUT2D eigenvalue weighted by atomic mass is 35.5. The first-order valence-corrected chi connectivity index (χ1v) is 6.55. The van der Waals surface area contributed by atoms with Gasteiger partial charge in [-0.25, -0.2) is 0 Å². The molecule has 0 fully saturated rings. The third kappa shape index (κ3) is 3.49. The zero-order valence-electron chi connectivity index (χ0n) is 11.1. The highest BCUT2D eigenvalue weighted by Crippen LogP contribution is 2.24. The number of methoxy groups -OCH3 is 1. The van der Waals surface area contributed by atoms with Crippen LogP contribution in [0.5, 0.6) is 5.75 Å². The number of rotatable bonds is 4. The summed E-state index contributed by atoms with van der Waals surface area (Å²) in [6.45, 7) is 1.95. The van der Waals surface area contributed by atoms with E-state index in [9.17, 15) is 5.11 Å². The Morgan fingerprint density at radius 2 is 1.84 bits per heavy atom. The van der Waals surface area contributed by atoms with Crippen molar-refractivity contribution < 1.29 is 9.84 Å². The van der Waals surface area contributed by atoms with Crippen molar-refractivity contribution in [3.05, 3.63) is 64.2 Å². The molecule has 0 saturated carbocycles. The van der Waals surface area contributed by atoms with Crippen molar-refractivity contribution in [1.82, 2.24) is 0 Å². The van der Waals surface area contributed by atoms with Gasteiger partial charge in [0.25, 0.3) is 0 Å². The molecule has 1 unspecified atom stereocenters. The maximum Gasteiger partial charge on any atom is 0.118 e. The Morgan fingerprint density at radius 3 is 2.42 bits per heavy atom. The van der Waals surface area contributed by atoms with Crippen LogP contribution in [0.4, 0.5) is 0 Å². The minimum absolute atomic E-state index is 0.550. The largest absolute Gasteiger partial charge is 0.497 e. The van der Waals surface area contributed by atoms with Crippen LogP contribution < -0.4 is 4.74 Å². The summed E-state index contributed by atoms with van der Waals surface area (Å²) in [5, 5.41) is 10.9. The lowest BCUT2D eigenvalue weighted by Gasteiger charge is -2.12. The monoisotopic (exact) mass is 276 g/mol. The molecule has 0 aliphatic rings. The Labute approximate surface area is 118 Å². The Balaban J connectivity index is 2.10. The molecule has 1 atom stereocenters. The van der Waals surface area contributed by atoms with Gasteiger partial charge in [0.1, 0.15) is 5.75 Å². The van der Waals surface area contributed by atoms with Crippen LogP contribution in [0, 0.1) is 6.92 Å². The van der Waals surface area contributed by atoms with E-state index in [4.69, 9.17) is 16.3 Å². The summed E-state index contributed by atoms with van der Waals surface area (Å²) in [7, 11) is 1.64. The fraction of sp³-hybridized carbons (Fsp3) is 0.250. The van der Waals surface area contributed by atoms with Crippen LogP contribution in [0.15, 0.2) is 42.5 Å². The average Bonchev–Trinajstić information content (AvgIpc) is 2.42. The molecule has 0 amide bonds. The summed E-state index contributed by atoms with van der Waals surface area (Å²) >= 11 is 6.07. The Bertz CT molecular complexity index is 549. The van der Waals surface area contributed by atoms with Crippen molar-refractivity contribution in [3.63, 3.8) is 0 Å². The normalized spacial score (nSPS) is 12.2. The fourth-order valence-corrected chi connectivity index (χ4v) is 2.11. The van der Waals surface area contributed by atoms with Crippen LogP contribution in [-0.2, 0) is 6.42 Å². The lowest BCUT2D eigenvalue weighted by molar-refractivity contribution is 0.178. The third-order valence-electron chi connectivity index (χ3n) is 3.17. The summed E-state index contributed by atoms with van der Waals surface area (Å²) in [5.41, 5.74) is 2.92. The van der Waals surface area contributed by atoms with E-state index in [1.165, 1.54) is 0 Å². The van der Waals surface area contributed by atoms with Crippen LogP contribution >= 0.6 is 11.6 Å². The number of halogens is 1. The molecular formula is C16H17ClO2. The number of aryl methyl sites for hydroxylation is 1. The molecule has 0 aliphatic heterocycles. The predicted molar refractivity (Wildman–Crippen MR) is 77.8 cm³/mol. The molecule has 19 heavy (non-hydrogen) atoms. The smallest absolute Gasteiger partial charge is 0.118 e. The zero-order valence-corrected chi connectivity index (χ0v) is 11.8. The van der Waals surface area contributed by atoms with E-state index in [-0.39, 0.29) is 0 Å². The first-order valence-electron chi connectivity index (χ1n) is 6.17. The lowest BCUT2D eigenvalue weighted by Crippen LogP contribution is -2.02. The molecule has 2 aromatic rings. The fourth-order valence-electron chi connectivity index (χ4n) is 1.92. The second-order valence-electron chi connectivity index (χ2n) is 4.58. The highest BCUT2D eigenvalue weighted by molar-refractivity contribution is 6.31. The van der Waals surface area contributed by atoms with E-state index in [2.05, 4.69) is 0 Å². The van der Waals surface area contributed by atoms with E-state index < -0.39 is 6.10 Å². The van der Waals surface area contributed by atoms with Gasteiger partial charge in [0.15, 0.2) is 0 Å². The van der Waals surface area contributed by atoms with Crippen LogP contribution in [0.25, 0.3) is 0 Å². The molecule has 0 aliphatic carbocycles. The second kappa shape index (κ2) is 6.09. The maximum atomic E-state index is 10.2. The molecule has 0 bridgehead atoms. The average molecular weight is 277 g/mol. The van der Waals surface area contributed by atoms with E-state index in [0.717, 1.165) is 22.4 Å². The molecular weight excluding hydrogens is 260 g/mol. The highest BCUT2D eigenvalue weighted by Gasteiger charge is 2.10. The summed E-state index contributed by atoms with van der Waals surface area (Å²) in [6, 6.07) is 13.4. The number of benzene rings is 2. The first-order chi connectivity index (χ1) is 9.10. The predicted octanol–water partition coefficient (Wildman–Crippen LogP) is 3.93. The van der Waals surface area contributed by atoms with Crippen LogP contribution in [-0.4, -0.2) is 12.2 Å². The van der Waals surface area contributed by atoms with Gasteiger partial charge < -0.3 is 9.84 Å². The number of aliphatic hydroxyl groups is 1. The molecule has 2 rings (SSSR count). The van der Waals surface area contributed by atoms with Crippen molar-refractivity contribution in [3.8, 4) is 5.75 Å². The molecule has 2 nitrogen and oxygen atoms in total. The molecule has 0 spiro atoms. The number of ether oxygens (including phenoxy) is 1. The molecule has 0 saturated heterocycles.